The van der Waals surface area contributed by atoms with Crippen LogP contribution in [0.1, 0.15) is 77.6 Å². The molecule has 0 aromatic carbocycles. The van der Waals surface area contributed by atoms with E-state index in [1.807, 2.05) is 18.4 Å². The van der Waals surface area contributed by atoms with Crippen LogP contribution in [-0.2, 0) is 4.79 Å². The minimum atomic E-state index is -0.590. The van der Waals surface area contributed by atoms with Gasteiger partial charge in [0.15, 0.2) is 6.29 Å². The molecule has 0 fully saturated rings. The Morgan fingerprint density at radius 3 is 2.36 bits per heavy atom. The van der Waals surface area contributed by atoms with Crippen molar-refractivity contribution in [1.82, 2.24) is 0 Å². The summed E-state index contributed by atoms with van der Waals surface area (Å²) in [6.07, 6.45) is 20.1. The molecule has 0 aromatic rings. The summed E-state index contributed by atoms with van der Waals surface area (Å²) in [5.74, 6) is 0. The van der Waals surface area contributed by atoms with Crippen LogP contribution in [0.4, 0.5) is 0 Å². The molecule has 0 N–H and O–H groups in total. The number of unbranched alkanes of at least 4 members (excludes halogenated alkanes) is 8. The lowest BCUT2D eigenvalue weighted by Crippen LogP contribution is -2.15. The minimum absolute atomic E-state index is 0.211. The first-order valence-electron chi connectivity index (χ1n) is 8.52. The Kier molecular flexibility index (Phi) is 14.9. The predicted molar refractivity (Wildman–Crippen MR) is 91.2 cm³/mol. The summed E-state index contributed by atoms with van der Waals surface area (Å²) in [6, 6.07) is -0.590. The third-order valence-electron chi connectivity index (χ3n) is 3.55. The van der Waals surface area contributed by atoms with Crippen LogP contribution < -0.4 is 0 Å². The fourth-order valence-electron chi connectivity index (χ4n) is 2.15. The Bertz CT molecular complexity index is 337. The molecular weight excluding hydrogens is 278 g/mol. The molecular formula is C18H30NO3. The van der Waals surface area contributed by atoms with Crippen LogP contribution >= 0.6 is 0 Å². The largest absolute Gasteiger partial charge is 0.291 e. The lowest BCUT2D eigenvalue weighted by molar-refractivity contribution is -0.508. The maximum Gasteiger partial charge on any atom is 0.234 e. The first-order valence-corrected chi connectivity index (χ1v) is 8.52. The number of hydrogen-bond acceptors (Lipinski definition) is 3. The lowest BCUT2D eigenvalue weighted by atomic mass is 10.1. The van der Waals surface area contributed by atoms with Crippen LogP contribution in [0.2, 0.25) is 0 Å². The molecule has 0 aliphatic rings. The smallest absolute Gasteiger partial charge is 0.234 e. The van der Waals surface area contributed by atoms with Gasteiger partial charge in [0.25, 0.3) is 0 Å². The Labute approximate surface area is 134 Å². The predicted octanol–water partition coefficient (Wildman–Crippen LogP) is 5.16. The number of carbonyl (C=O) groups excluding carboxylic acids is 1. The van der Waals surface area contributed by atoms with Crippen LogP contribution in [0, 0.1) is 10.1 Å². The van der Waals surface area contributed by atoms with Gasteiger partial charge in [-0.3, -0.25) is 14.9 Å². The van der Waals surface area contributed by atoms with Gasteiger partial charge in [-0.25, -0.2) is 0 Å². The van der Waals surface area contributed by atoms with E-state index in [0.717, 1.165) is 57.8 Å². The van der Waals surface area contributed by atoms with E-state index in [2.05, 4.69) is 13.0 Å². The van der Waals surface area contributed by atoms with E-state index >= 15 is 0 Å². The third-order valence-corrected chi connectivity index (χ3v) is 3.55. The summed E-state index contributed by atoms with van der Waals surface area (Å²) >= 11 is 0. The molecule has 0 heterocycles. The average molecular weight is 308 g/mol. The van der Waals surface area contributed by atoms with Gasteiger partial charge in [0, 0.05) is 17.8 Å². The summed E-state index contributed by atoms with van der Waals surface area (Å²) in [6.45, 7) is 2.11. The maximum absolute atomic E-state index is 10.9. The zero-order chi connectivity index (χ0) is 16.5. The number of hydrogen-bond donors (Lipinski definition) is 0. The minimum Gasteiger partial charge on any atom is -0.291 e. The van der Waals surface area contributed by atoms with E-state index < -0.39 is 6.04 Å². The van der Waals surface area contributed by atoms with E-state index in [4.69, 9.17) is 0 Å². The third kappa shape index (κ3) is 13.5. The van der Waals surface area contributed by atoms with Crippen LogP contribution in [0.5, 0.6) is 0 Å². The highest BCUT2D eigenvalue weighted by molar-refractivity contribution is 5.50. The molecule has 1 unspecified atom stereocenters. The van der Waals surface area contributed by atoms with Gasteiger partial charge < -0.3 is 0 Å². The van der Waals surface area contributed by atoms with E-state index in [1.165, 1.54) is 0 Å². The highest BCUT2D eigenvalue weighted by Crippen LogP contribution is 2.08. The molecule has 125 valence electrons. The quantitative estimate of drug-likeness (QED) is 0.181. The van der Waals surface area contributed by atoms with Crippen molar-refractivity contribution in [1.29, 1.82) is 0 Å². The molecule has 0 aromatic heterocycles. The molecule has 0 rings (SSSR count). The lowest BCUT2D eigenvalue weighted by Gasteiger charge is -2.01. The van der Waals surface area contributed by atoms with Gasteiger partial charge in [0.1, 0.15) is 0 Å². The van der Waals surface area contributed by atoms with Gasteiger partial charge >= 0.3 is 0 Å². The van der Waals surface area contributed by atoms with E-state index in [-0.39, 0.29) is 4.92 Å². The van der Waals surface area contributed by atoms with E-state index in [0.29, 0.717) is 12.8 Å². The number of nitrogens with zero attached hydrogens (tertiary/aromatic N) is 1. The first-order chi connectivity index (χ1) is 10.7. The monoisotopic (exact) mass is 308 g/mol. The maximum atomic E-state index is 10.9. The molecule has 22 heavy (non-hydrogen) atoms. The normalized spacial score (nSPS) is 13.0. The average Bonchev–Trinajstić information content (AvgIpc) is 2.50. The zero-order valence-electron chi connectivity index (χ0n) is 13.8. The molecule has 0 saturated heterocycles. The summed E-state index contributed by atoms with van der Waals surface area (Å²) in [5, 5.41) is 10.9. The standard InChI is InChI=1S/C18H30NO3/c1-2-3-4-12-15-18(19(21)22)16-13-10-8-6-5-7-9-11-14-17-20/h10,12-13,15,18H,2-9,11,14,16H2,1H3/b13-10-,15-12+. The second-order valence-corrected chi connectivity index (χ2v) is 5.58. The van der Waals surface area contributed by atoms with Crippen molar-refractivity contribution in [2.75, 3.05) is 0 Å². The van der Waals surface area contributed by atoms with Gasteiger partial charge in [-0.15, -0.1) is 0 Å². The van der Waals surface area contributed by atoms with Crippen molar-refractivity contribution in [3.8, 4) is 0 Å². The summed E-state index contributed by atoms with van der Waals surface area (Å²) in [4.78, 5) is 20.8. The molecule has 0 aliphatic carbocycles. The van der Waals surface area contributed by atoms with Crippen molar-refractivity contribution in [3.63, 3.8) is 0 Å². The van der Waals surface area contributed by atoms with Crippen LogP contribution in [0.3, 0.4) is 0 Å². The molecule has 0 bridgehead atoms. The van der Waals surface area contributed by atoms with Crippen LogP contribution in [0.25, 0.3) is 0 Å². The molecule has 0 spiro atoms. The number of rotatable bonds is 15. The molecule has 1 radical (unpaired) electrons. The fourth-order valence-corrected chi connectivity index (χ4v) is 2.15. The summed E-state index contributed by atoms with van der Waals surface area (Å²) in [7, 11) is 0. The van der Waals surface area contributed by atoms with Gasteiger partial charge in [0.2, 0.25) is 6.04 Å². The van der Waals surface area contributed by atoms with Crippen molar-refractivity contribution in [3.05, 3.63) is 34.4 Å². The molecule has 0 amide bonds. The van der Waals surface area contributed by atoms with Crippen molar-refractivity contribution >= 4 is 6.29 Å². The second kappa shape index (κ2) is 15.9. The van der Waals surface area contributed by atoms with Gasteiger partial charge in [-0.1, -0.05) is 57.3 Å². The molecule has 0 aliphatic heterocycles. The molecule has 1 atom stereocenters. The molecule has 4 nitrogen and oxygen atoms in total. The molecule has 4 heteroatoms. The fraction of sp³-hybridized carbons (Fsp3) is 0.722. The number of nitro groups is 1. The Balaban J connectivity index is 3.71. The van der Waals surface area contributed by atoms with Crippen molar-refractivity contribution < 1.29 is 9.72 Å². The topological polar surface area (TPSA) is 60.2 Å². The second-order valence-electron chi connectivity index (χ2n) is 5.58. The van der Waals surface area contributed by atoms with Gasteiger partial charge in [0.05, 0.1) is 0 Å². The highest BCUT2D eigenvalue weighted by Gasteiger charge is 2.12. The molecule has 0 saturated carbocycles. The SMILES string of the molecule is CCCC/C=C/C(C/C=C\CCCCCCC[C]=O)[N+](=O)[O-]. The van der Waals surface area contributed by atoms with Gasteiger partial charge in [-0.05, 0) is 31.8 Å². The van der Waals surface area contributed by atoms with E-state index in [9.17, 15) is 14.9 Å². The van der Waals surface area contributed by atoms with Crippen LogP contribution in [0.15, 0.2) is 24.3 Å². The Morgan fingerprint density at radius 1 is 1.00 bits per heavy atom. The van der Waals surface area contributed by atoms with Gasteiger partial charge in [-0.2, -0.15) is 0 Å². The summed E-state index contributed by atoms with van der Waals surface area (Å²) < 4.78 is 0. The Morgan fingerprint density at radius 2 is 1.68 bits per heavy atom. The zero-order valence-corrected chi connectivity index (χ0v) is 13.8. The van der Waals surface area contributed by atoms with Crippen LogP contribution in [-0.4, -0.2) is 17.3 Å². The number of allylic oxidation sites excluding steroid dienone is 2. The highest BCUT2D eigenvalue weighted by atomic mass is 16.6. The van der Waals surface area contributed by atoms with Crippen molar-refractivity contribution in [2.24, 2.45) is 0 Å². The van der Waals surface area contributed by atoms with E-state index in [1.54, 1.807) is 6.08 Å². The first kappa shape index (κ1) is 20.6. The summed E-state index contributed by atoms with van der Waals surface area (Å²) in [5.41, 5.74) is 0. The Hall–Kier alpha value is -1.45. The van der Waals surface area contributed by atoms with Crippen molar-refractivity contribution in [2.45, 2.75) is 83.6 Å².